The van der Waals surface area contributed by atoms with Crippen LogP contribution in [0, 0.1) is 5.92 Å². The van der Waals surface area contributed by atoms with Crippen molar-refractivity contribution in [2.45, 2.75) is 77.5 Å². The van der Waals surface area contributed by atoms with Gasteiger partial charge in [0, 0.05) is 18.6 Å². The Hall–Kier alpha value is -0.810. The average molecular weight is 299 g/mol. The van der Waals surface area contributed by atoms with Gasteiger partial charge in [-0.2, -0.15) is 0 Å². The van der Waals surface area contributed by atoms with E-state index in [1.165, 1.54) is 25.7 Å². The van der Waals surface area contributed by atoms with Gasteiger partial charge in [0.25, 0.3) is 0 Å². The molecule has 0 saturated heterocycles. The Kier molecular flexibility index (Phi) is 7.46. The van der Waals surface area contributed by atoms with Gasteiger partial charge in [-0.05, 0) is 52.5 Å². The van der Waals surface area contributed by atoms with E-state index in [2.05, 4.69) is 17.6 Å². The number of carbonyl (C=O) groups is 1. The normalized spacial score (nSPS) is 24.4. The van der Waals surface area contributed by atoms with Crippen LogP contribution in [0.25, 0.3) is 0 Å². The summed E-state index contributed by atoms with van der Waals surface area (Å²) in [6.45, 7) is 9.22. The fraction of sp³-hybridized carbons (Fsp3) is 0.938. The van der Waals surface area contributed by atoms with Gasteiger partial charge in [0.2, 0.25) is 0 Å². The first-order valence-corrected chi connectivity index (χ1v) is 8.28. The number of ether oxygens (including phenoxy) is 1. The molecule has 124 valence electrons. The summed E-state index contributed by atoms with van der Waals surface area (Å²) in [5.41, 5.74) is 5.40. The van der Waals surface area contributed by atoms with Crippen molar-refractivity contribution < 1.29 is 9.53 Å². The van der Waals surface area contributed by atoms with Crippen molar-refractivity contribution >= 4 is 6.09 Å². The van der Waals surface area contributed by atoms with Gasteiger partial charge < -0.3 is 21.1 Å². The third kappa shape index (κ3) is 7.14. The van der Waals surface area contributed by atoms with E-state index in [1.807, 2.05) is 20.8 Å². The third-order valence-corrected chi connectivity index (χ3v) is 4.05. The fourth-order valence-corrected chi connectivity index (χ4v) is 2.82. The van der Waals surface area contributed by atoms with E-state index in [0.29, 0.717) is 12.0 Å². The molecule has 1 amide bonds. The highest BCUT2D eigenvalue weighted by atomic mass is 16.6. The predicted molar refractivity (Wildman–Crippen MR) is 86.3 cm³/mol. The second kappa shape index (κ2) is 8.59. The summed E-state index contributed by atoms with van der Waals surface area (Å²) in [5, 5.41) is 6.53. The minimum absolute atomic E-state index is 0.0974. The summed E-state index contributed by atoms with van der Waals surface area (Å²) in [6.07, 6.45) is 5.49. The molecule has 0 heterocycles. The van der Waals surface area contributed by atoms with Crippen LogP contribution in [0.5, 0.6) is 0 Å². The summed E-state index contributed by atoms with van der Waals surface area (Å²) in [5.74, 6) is 0.567. The number of amides is 1. The molecule has 3 unspecified atom stereocenters. The molecule has 0 bridgehead atoms. The summed E-state index contributed by atoms with van der Waals surface area (Å²) < 4.78 is 5.31. The van der Waals surface area contributed by atoms with Gasteiger partial charge in [-0.25, -0.2) is 4.79 Å². The van der Waals surface area contributed by atoms with Crippen molar-refractivity contribution in [1.29, 1.82) is 0 Å². The number of hydrogen-bond donors (Lipinski definition) is 3. The minimum atomic E-state index is -0.455. The van der Waals surface area contributed by atoms with E-state index in [0.717, 1.165) is 19.5 Å². The number of rotatable bonds is 6. The lowest BCUT2D eigenvalue weighted by atomic mass is 9.84. The van der Waals surface area contributed by atoms with Gasteiger partial charge in [-0.1, -0.05) is 19.8 Å². The molecule has 0 spiro atoms. The van der Waals surface area contributed by atoms with Crippen molar-refractivity contribution in [3.8, 4) is 0 Å². The van der Waals surface area contributed by atoms with E-state index in [-0.39, 0.29) is 12.1 Å². The molecule has 1 fully saturated rings. The smallest absolute Gasteiger partial charge is 0.407 e. The van der Waals surface area contributed by atoms with Crippen molar-refractivity contribution in [2.75, 3.05) is 13.1 Å². The van der Waals surface area contributed by atoms with Gasteiger partial charge in [0.05, 0.1) is 0 Å². The highest BCUT2D eigenvalue weighted by molar-refractivity contribution is 5.68. The second-order valence-corrected chi connectivity index (χ2v) is 7.05. The molecule has 21 heavy (non-hydrogen) atoms. The van der Waals surface area contributed by atoms with E-state index < -0.39 is 5.60 Å². The minimum Gasteiger partial charge on any atom is -0.444 e. The van der Waals surface area contributed by atoms with Crippen LogP contribution in [0.15, 0.2) is 0 Å². The molecule has 3 atom stereocenters. The largest absolute Gasteiger partial charge is 0.444 e. The Balaban J connectivity index is 2.38. The number of nitrogens with two attached hydrogens (primary N) is 1. The quantitative estimate of drug-likeness (QED) is 0.704. The van der Waals surface area contributed by atoms with Crippen molar-refractivity contribution in [3.63, 3.8) is 0 Å². The number of hydrogen-bond acceptors (Lipinski definition) is 4. The zero-order valence-corrected chi connectivity index (χ0v) is 14.1. The molecule has 0 aromatic carbocycles. The van der Waals surface area contributed by atoms with Crippen molar-refractivity contribution in [2.24, 2.45) is 11.7 Å². The third-order valence-electron chi connectivity index (χ3n) is 4.05. The molecule has 1 aliphatic rings. The number of carbonyl (C=O) groups excluding carboxylic acids is 1. The first-order valence-electron chi connectivity index (χ1n) is 8.28. The first kappa shape index (κ1) is 18.2. The summed E-state index contributed by atoms with van der Waals surface area (Å²) >= 11 is 0. The Labute approximate surface area is 129 Å². The molecule has 0 aromatic heterocycles. The number of nitrogens with one attached hydrogen (secondary N) is 2. The Morgan fingerprint density at radius 1 is 1.33 bits per heavy atom. The van der Waals surface area contributed by atoms with E-state index >= 15 is 0 Å². The molecule has 1 aliphatic carbocycles. The molecular formula is C16H33N3O2. The molecule has 0 radical (unpaired) electrons. The van der Waals surface area contributed by atoms with Crippen LogP contribution in [0.3, 0.4) is 0 Å². The summed E-state index contributed by atoms with van der Waals surface area (Å²) in [6, 6.07) is 0.582. The van der Waals surface area contributed by atoms with Gasteiger partial charge in [-0.15, -0.1) is 0 Å². The monoisotopic (exact) mass is 299 g/mol. The van der Waals surface area contributed by atoms with Crippen LogP contribution in [0.1, 0.15) is 59.8 Å². The molecule has 0 aliphatic heterocycles. The maximum atomic E-state index is 11.8. The molecular weight excluding hydrogens is 266 g/mol. The Bertz CT molecular complexity index is 315. The molecule has 4 N–H and O–H groups in total. The Morgan fingerprint density at radius 2 is 2.00 bits per heavy atom. The van der Waals surface area contributed by atoms with E-state index in [9.17, 15) is 4.79 Å². The average Bonchev–Trinajstić information content (AvgIpc) is 2.41. The first-order chi connectivity index (χ1) is 9.85. The fourth-order valence-electron chi connectivity index (χ4n) is 2.82. The van der Waals surface area contributed by atoms with E-state index in [4.69, 9.17) is 10.5 Å². The molecule has 1 saturated carbocycles. The lowest BCUT2D eigenvalue weighted by Crippen LogP contribution is -2.49. The zero-order chi connectivity index (χ0) is 15.9. The highest BCUT2D eigenvalue weighted by Crippen LogP contribution is 2.23. The highest BCUT2D eigenvalue weighted by Gasteiger charge is 2.25. The maximum absolute atomic E-state index is 11.8. The van der Waals surface area contributed by atoms with Crippen LogP contribution in [0.4, 0.5) is 4.79 Å². The van der Waals surface area contributed by atoms with Crippen LogP contribution in [-0.2, 0) is 4.74 Å². The number of alkyl carbamates (subject to hydrolysis) is 1. The van der Waals surface area contributed by atoms with Crippen molar-refractivity contribution in [3.05, 3.63) is 0 Å². The molecule has 0 aromatic rings. The van der Waals surface area contributed by atoms with Crippen LogP contribution < -0.4 is 16.4 Å². The van der Waals surface area contributed by atoms with E-state index in [1.54, 1.807) is 0 Å². The van der Waals surface area contributed by atoms with Gasteiger partial charge in [-0.3, -0.25) is 0 Å². The van der Waals surface area contributed by atoms with Crippen LogP contribution in [-0.4, -0.2) is 36.9 Å². The van der Waals surface area contributed by atoms with Gasteiger partial charge >= 0.3 is 6.09 Å². The van der Waals surface area contributed by atoms with Crippen LogP contribution in [0.2, 0.25) is 0 Å². The summed E-state index contributed by atoms with van der Waals surface area (Å²) in [4.78, 5) is 11.8. The molecule has 5 heteroatoms. The Morgan fingerprint density at radius 3 is 2.57 bits per heavy atom. The topological polar surface area (TPSA) is 76.4 Å². The lowest BCUT2D eigenvalue weighted by molar-refractivity contribution is 0.0500. The standard InChI is InChI=1S/C16H33N3O2/c1-5-13(19-15(20)21-16(2,3)4)11-18-14-9-7-6-8-12(14)10-17/h12-14,18H,5-11,17H2,1-4H3,(H,19,20). The zero-order valence-electron chi connectivity index (χ0n) is 14.1. The molecule has 5 nitrogen and oxygen atoms in total. The van der Waals surface area contributed by atoms with Gasteiger partial charge in [0.15, 0.2) is 0 Å². The second-order valence-electron chi connectivity index (χ2n) is 7.05. The SMILES string of the molecule is CCC(CNC1CCCCC1CN)NC(=O)OC(C)(C)C. The summed E-state index contributed by atoms with van der Waals surface area (Å²) in [7, 11) is 0. The maximum Gasteiger partial charge on any atom is 0.407 e. The predicted octanol–water partition coefficient (Wildman–Crippen LogP) is 2.40. The molecule has 1 rings (SSSR count). The van der Waals surface area contributed by atoms with Crippen LogP contribution >= 0.6 is 0 Å². The van der Waals surface area contributed by atoms with Crippen molar-refractivity contribution in [1.82, 2.24) is 10.6 Å². The van der Waals surface area contributed by atoms with Gasteiger partial charge in [0.1, 0.15) is 5.60 Å². The lowest BCUT2D eigenvalue weighted by Gasteiger charge is -2.33.